The highest BCUT2D eigenvalue weighted by Crippen LogP contribution is 2.21. The molecular formula is C13H26N2O2. The summed E-state index contributed by atoms with van der Waals surface area (Å²) in [5.41, 5.74) is 5.75. The lowest BCUT2D eigenvalue weighted by molar-refractivity contribution is -0.125. The minimum atomic E-state index is -0.215. The van der Waals surface area contributed by atoms with Gasteiger partial charge in [-0.1, -0.05) is 20.8 Å². The molecule has 2 unspecified atom stereocenters. The van der Waals surface area contributed by atoms with E-state index in [2.05, 4.69) is 26.1 Å². The molecule has 0 aromatic carbocycles. The van der Waals surface area contributed by atoms with Crippen LogP contribution in [0.15, 0.2) is 0 Å². The predicted octanol–water partition coefficient (Wildman–Crippen LogP) is 1.44. The number of nitrogens with one attached hydrogen (secondary N) is 1. The van der Waals surface area contributed by atoms with Crippen LogP contribution in [0.4, 0.5) is 0 Å². The molecule has 17 heavy (non-hydrogen) atoms. The van der Waals surface area contributed by atoms with Gasteiger partial charge < -0.3 is 15.8 Å². The molecule has 0 spiro atoms. The maximum atomic E-state index is 11.9. The van der Waals surface area contributed by atoms with E-state index in [9.17, 15) is 4.79 Å². The van der Waals surface area contributed by atoms with Gasteiger partial charge in [0.2, 0.25) is 5.91 Å². The fourth-order valence-electron chi connectivity index (χ4n) is 1.93. The summed E-state index contributed by atoms with van der Waals surface area (Å²) in [5.74, 6) is 0.0282. The fourth-order valence-corrected chi connectivity index (χ4v) is 1.93. The molecule has 0 aromatic rings. The molecule has 0 aromatic heterocycles. The van der Waals surface area contributed by atoms with Crippen molar-refractivity contribution in [3.63, 3.8) is 0 Å². The Balaban J connectivity index is 2.43. The third-order valence-electron chi connectivity index (χ3n) is 3.40. The maximum Gasteiger partial charge on any atom is 0.222 e. The fraction of sp³-hybridized carbons (Fsp3) is 0.923. The van der Waals surface area contributed by atoms with E-state index in [0.717, 1.165) is 19.4 Å². The zero-order chi connectivity index (χ0) is 13.1. The van der Waals surface area contributed by atoms with Crippen LogP contribution in [-0.2, 0) is 9.53 Å². The SMILES string of the molecule is CC1(NC(=O)CC(N)C(C)(C)C)CCCOC1. The molecular weight excluding hydrogens is 216 g/mol. The number of ether oxygens (including phenoxy) is 1. The van der Waals surface area contributed by atoms with Crippen LogP contribution in [0.5, 0.6) is 0 Å². The summed E-state index contributed by atoms with van der Waals surface area (Å²) >= 11 is 0. The highest BCUT2D eigenvalue weighted by Gasteiger charge is 2.31. The van der Waals surface area contributed by atoms with Crippen LogP contribution in [-0.4, -0.2) is 30.7 Å². The predicted molar refractivity (Wildman–Crippen MR) is 68.6 cm³/mol. The van der Waals surface area contributed by atoms with E-state index in [1.165, 1.54) is 0 Å². The molecule has 0 aliphatic carbocycles. The molecule has 1 saturated heterocycles. The number of amides is 1. The first-order valence-corrected chi connectivity index (χ1v) is 6.37. The van der Waals surface area contributed by atoms with E-state index < -0.39 is 0 Å². The summed E-state index contributed by atoms with van der Waals surface area (Å²) in [6.07, 6.45) is 2.35. The minimum absolute atomic E-state index is 0.0282. The summed E-state index contributed by atoms with van der Waals surface area (Å²) in [6, 6.07) is -0.115. The molecule has 0 radical (unpaired) electrons. The Morgan fingerprint density at radius 2 is 2.18 bits per heavy atom. The summed E-state index contributed by atoms with van der Waals surface area (Å²) in [7, 11) is 0. The van der Waals surface area contributed by atoms with Crippen LogP contribution in [0.2, 0.25) is 0 Å². The molecule has 3 N–H and O–H groups in total. The van der Waals surface area contributed by atoms with E-state index in [1.807, 2.05) is 6.92 Å². The van der Waals surface area contributed by atoms with Crippen molar-refractivity contribution >= 4 is 5.91 Å². The number of hydrogen-bond donors (Lipinski definition) is 2. The third-order valence-corrected chi connectivity index (χ3v) is 3.40. The van der Waals surface area contributed by atoms with E-state index in [-0.39, 0.29) is 22.9 Å². The number of hydrogen-bond acceptors (Lipinski definition) is 3. The highest BCUT2D eigenvalue weighted by molar-refractivity contribution is 5.77. The molecule has 4 nitrogen and oxygen atoms in total. The molecule has 1 rings (SSSR count). The van der Waals surface area contributed by atoms with Crippen LogP contribution in [0.25, 0.3) is 0 Å². The Kier molecular flexibility index (Phi) is 4.55. The van der Waals surface area contributed by atoms with Crippen molar-refractivity contribution in [3.05, 3.63) is 0 Å². The largest absolute Gasteiger partial charge is 0.379 e. The van der Waals surface area contributed by atoms with Crippen LogP contribution in [0.3, 0.4) is 0 Å². The van der Waals surface area contributed by atoms with Crippen molar-refractivity contribution in [2.24, 2.45) is 11.1 Å². The van der Waals surface area contributed by atoms with Gasteiger partial charge in [0.25, 0.3) is 0 Å². The average molecular weight is 242 g/mol. The first-order valence-electron chi connectivity index (χ1n) is 6.37. The lowest BCUT2D eigenvalue weighted by atomic mass is 9.85. The first kappa shape index (κ1) is 14.5. The Labute approximate surface area is 104 Å². The quantitative estimate of drug-likeness (QED) is 0.787. The van der Waals surface area contributed by atoms with Gasteiger partial charge in [-0.15, -0.1) is 0 Å². The van der Waals surface area contributed by atoms with Gasteiger partial charge in [-0.25, -0.2) is 0 Å². The van der Waals surface area contributed by atoms with Crippen molar-refractivity contribution in [2.45, 2.75) is 58.5 Å². The van der Waals surface area contributed by atoms with Crippen LogP contribution in [0, 0.1) is 5.41 Å². The third kappa shape index (κ3) is 4.64. The van der Waals surface area contributed by atoms with E-state index in [4.69, 9.17) is 10.5 Å². The second kappa shape index (κ2) is 5.36. The summed E-state index contributed by atoms with van der Waals surface area (Å²) in [4.78, 5) is 11.9. The second-order valence-electron chi connectivity index (χ2n) is 6.44. The van der Waals surface area contributed by atoms with Gasteiger partial charge >= 0.3 is 0 Å². The molecule has 1 aliphatic rings. The van der Waals surface area contributed by atoms with Gasteiger partial charge in [-0.3, -0.25) is 4.79 Å². The molecule has 1 aliphatic heterocycles. The van der Waals surface area contributed by atoms with E-state index >= 15 is 0 Å². The van der Waals surface area contributed by atoms with Gasteiger partial charge in [-0.05, 0) is 25.2 Å². The van der Waals surface area contributed by atoms with Crippen molar-refractivity contribution in [3.8, 4) is 0 Å². The monoisotopic (exact) mass is 242 g/mol. The number of rotatable bonds is 3. The number of carbonyl (C=O) groups is 1. The van der Waals surface area contributed by atoms with Crippen molar-refractivity contribution < 1.29 is 9.53 Å². The number of nitrogens with two attached hydrogens (primary N) is 1. The van der Waals surface area contributed by atoms with Gasteiger partial charge in [0, 0.05) is 19.1 Å². The second-order valence-corrected chi connectivity index (χ2v) is 6.44. The average Bonchev–Trinajstić information content (AvgIpc) is 2.15. The van der Waals surface area contributed by atoms with Crippen molar-refractivity contribution in [2.75, 3.05) is 13.2 Å². The van der Waals surface area contributed by atoms with Gasteiger partial charge in [-0.2, -0.15) is 0 Å². The maximum absolute atomic E-state index is 11.9. The topological polar surface area (TPSA) is 64.4 Å². The highest BCUT2D eigenvalue weighted by atomic mass is 16.5. The smallest absolute Gasteiger partial charge is 0.222 e. The molecule has 1 fully saturated rings. The molecule has 2 atom stereocenters. The molecule has 1 heterocycles. The minimum Gasteiger partial charge on any atom is -0.379 e. The Morgan fingerprint density at radius 3 is 2.65 bits per heavy atom. The van der Waals surface area contributed by atoms with Crippen LogP contribution in [0.1, 0.15) is 47.0 Å². The van der Waals surface area contributed by atoms with E-state index in [1.54, 1.807) is 0 Å². The van der Waals surface area contributed by atoms with Crippen LogP contribution >= 0.6 is 0 Å². The molecule has 4 heteroatoms. The van der Waals surface area contributed by atoms with Crippen LogP contribution < -0.4 is 11.1 Å². The lowest BCUT2D eigenvalue weighted by Gasteiger charge is -2.35. The molecule has 0 bridgehead atoms. The first-order chi connectivity index (χ1) is 7.73. The van der Waals surface area contributed by atoms with Gasteiger partial charge in [0.05, 0.1) is 12.1 Å². The summed E-state index contributed by atoms with van der Waals surface area (Å²) < 4.78 is 5.41. The zero-order valence-electron chi connectivity index (χ0n) is 11.5. The summed E-state index contributed by atoms with van der Waals surface area (Å²) in [5, 5.41) is 3.05. The van der Waals surface area contributed by atoms with Crippen molar-refractivity contribution in [1.29, 1.82) is 0 Å². The number of carbonyl (C=O) groups excluding carboxylic acids is 1. The lowest BCUT2D eigenvalue weighted by Crippen LogP contribution is -2.53. The normalized spacial score (nSPS) is 27.6. The zero-order valence-corrected chi connectivity index (χ0v) is 11.5. The Hall–Kier alpha value is -0.610. The Morgan fingerprint density at radius 1 is 1.53 bits per heavy atom. The Bertz CT molecular complexity index is 265. The molecule has 1 amide bonds. The summed E-state index contributed by atoms with van der Waals surface area (Å²) in [6.45, 7) is 9.59. The van der Waals surface area contributed by atoms with Gasteiger partial charge in [0.1, 0.15) is 0 Å². The molecule has 100 valence electrons. The molecule has 0 saturated carbocycles. The van der Waals surface area contributed by atoms with Crippen molar-refractivity contribution in [1.82, 2.24) is 5.32 Å². The van der Waals surface area contributed by atoms with E-state index in [0.29, 0.717) is 13.0 Å². The van der Waals surface area contributed by atoms with Gasteiger partial charge in [0.15, 0.2) is 0 Å². The standard InChI is InChI=1S/C13H26N2O2/c1-12(2,3)10(14)8-11(16)15-13(4)6-5-7-17-9-13/h10H,5-9,14H2,1-4H3,(H,15,16).